The van der Waals surface area contributed by atoms with Gasteiger partial charge in [-0.1, -0.05) is 26.0 Å². The number of hydrogen-bond donors (Lipinski definition) is 2. The van der Waals surface area contributed by atoms with E-state index in [4.69, 9.17) is 10.2 Å². The van der Waals surface area contributed by atoms with Gasteiger partial charge in [0.25, 0.3) is 11.4 Å². The maximum absolute atomic E-state index is 12.1. The summed E-state index contributed by atoms with van der Waals surface area (Å²) in [7, 11) is 0. The monoisotopic (exact) mass is 459 g/mol. The first-order valence-electron chi connectivity index (χ1n) is 11.2. The van der Waals surface area contributed by atoms with Crippen molar-refractivity contribution >= 4 is 5.82 Å². The summed E-state index contributed by atoms with van der Waals surface area (Å²) in [6.07, 6.45) is 3.32. The molecular formula is C25H29N7O2. The highest BCUT2D eigenvalue weighted by molar-refractivity contribution is 5.69. The molecule has 0 spiro atoms. The first-order valence-corrected chi connectivity index (χ1v) is 11.2. The predicted octanol–water partition coefficient (Wildman–Crippen LogP) is 3.99. The van der Waals surface area contributed by atoms with Crippen LogP contribution >= 0.6 is 0 Å². The molecule has 3 aromatic heterocycles. The molecule has 1 aromatic carbocycles. The van der Waals surface area contributed by atoms with E-state index in [-0.39, 0.29) is 23.3 Å². The molecule has 0 bridgehead atoms. The Morgan fingerprint density at radius 1 is 1.09 bits per heavy atom. The average Bonchev–Trinajstić information content (AvgIpc) is 3.28. The Morgan fingerprint density at radius 2 is 1.85 bits per heavy atom. The fraction of sp³-hybridized carbons (Fsp3) is 0.320. The van der Waals surface area contributed by atoms with E-state index in [1.54, 1.807) is 23.0 Å². The molecule has 0 unspecified atom stereocenters. The van der Waals surface area contributed by atoms with Crippen molar-refractivity contribution in [2.24, 2.45) is 0 Å². The van der Waals surface area contributed by atoms with E-state index < -0.39 is 0 Å². The minimum absolute atomic E-state index is 0.0166. The van der Waals surface area contributed by atoms with Crippen molar-refractivity contribution in [3.63, 3.8) is 0 Å². The Kier molecular flexibility index (Phi) is 6.56. The summed E-state index contributed by atoms with van der Waals surface area (Å²) in [5.41, 5.74) is 10.7. The van der Waals surface area contributed by atoms with Gasteiger partial charge < -0.3 is 20.0 Å². The van der Waals surface area contributed by atoms with Crippen molar-refractivity contribution in [1.29, 1.82) is 0 Å². The van der Waals surface area contributed by atoms with Gasteiger partial charge in [-0.2, -0.15) is 0 Å². The number of nitrogens with zero attached hydrogens (tertiary/aromatic N) is 5. The molecule has 0 atom stereocenters. The van der Waals surface area contributed by atoms with Crippen LogP contribution in [-0.2, 0) is 6.54 Å². The van der Waals surface area contributed by atoms with Crippen LogP contribution in [-0.4, -0.2) is 30.8 Å². The Balaban J connectivity index is 1.66. The molecule has 0 aliphatic carbocycles. The third-order valence-electron chi connectivity index (χ3n) is 5.45. The van der Waals surface area contributed by atoms with E-state index >= 15 is 0 Å². The van der Waals surface area contributed by atoms with Crippen LogP contribution in [0.1, 0.15) is 44.9 Å². The van der Waals surface area contributed by atoms with E-state index in [1.807, 2.05) is 32.9 Å². The molecule has 3 heterocycles. The van der Waals surface area contributed by atoms with Gasteiger partial charge in [-0.15, -0.1) is 10.2 Å². The summed E-state index contributed by atoms with van der Waals surface area (Å²) in [6.45, 7) is 10.9. The standard InChI is InChI=1S/C25H29N7O2/c1-14(2)27-11-17-6-8-19(16(5)10-17)24-30-31-25(34-24)22-23(26)28-12-20(29-22)18-7-9-21(33)32(13-18)15(3)4/h6-10,12-15,27H,11H2,1-5H3,(H2,26,28). The minimum atomic E-state index is -0.0784. The summed E-state index contributed by atoms with van der Waals surface area (Å²) < 4.78 is 7.59. The molecule has 0 saturated carbocycles. The first kappa shape index (κ1) is 23.3. The first-order chi connectivity index (χ1) is 16.2. The summed E-state index contributed by atoms with van der Waals surface area (Å²) >= 11 is 0. The van der Waals surface area contributed by atoms with E-state index in [9.17, 15) is 4.79 Å². The Labute approximate surface area is 198 Å². The van der Waals surface area contributed by atoms with Gasteiger partial charge >= 0.3 is 0 Å². The highest BCUT2D eigenvalue weighted by Gasteiger charge is 2.18. The fourth-order valence-corrected chi connectivity index (χ4v) is 3.58. The van der Waals surface area contributed by atoms with Crippen LogP contribution in [0.25, 0.3) is 34.3 Å². The van der Waals surface area contributed by atoms with Crippen molar-refractivity contribution in [2.75, 3.05) is 5.73 Å². The predicted molar refractivity (Wildman–Crippen MR) is 132 cm³/mol. The third kappa shape index (κ3) is 4.89. The van der Waals surface area contributed by atoms with Crippen LogP contribution in [0.4, 0.5) is 5.82 Å². The SMILES string of the molecule is Cc1cc(CNC(C)C)ccc1-c1nnc(-c2nc(-c3ccc(=O)n(C(C)C)c3)cnc2N)o1. The van der Waals surface area contributed by atoms with E-state index in [0.717, 1.165) is 23.2 Å². The molecule has 4 rings (SSSR count). The van der Waals surface area contributed by atoms with Crippen LogP contribution in [0, 0.1) is 6.92 Å². The maximum Gasteiger partial charge on any atom is 0.270 e. The molecule has 0 amide bonds. The number of rotatable bonds is 7. The number of nitrogens with two attached hydrogens (primary N) is 1. The number of aryl methyl sites for hydroxylation is 1. The molecule has 0 saturated heterocycles. The molecule has 9 heteroatoms. The zero-order chi connectivity index (χ0) is 24.4. The number of aromatic nitrogens is 5. The second kappa shape index (κ2) is 9.56. The lowest BCUT2D eigenvalue weighted by Crippen LogP contribution is -2.21. The van der Waals surface area contributed by atoms with Crippen molar-refractivity contribution in [2.45, 2.75) is 53.2 Å². The van der Waals surface area contributed by atoms with Crippen LogP contribution < -0.4 is 16.6 Å². The fourth-order valence-electron chi connectivity index (χ4n) is 3.58. The Hall–Kier alpha value is -3.85. The highest BCUT2D eigenvalue weighted by Crippen LogP contribution is 2.29. The maximum atomic E-state index is 12.1. The second-order valence-corrected chi connectivity index (χ2v) is 8.84. The van der Waals surface area contributed by atoms with Crippen molar-refractivity contribution in [3.8, 4) is 34.3 Å². The molecule has 0 aliphatic heterocycles. The van der Waals surface area contributed by atoms with Gasteiger partial charge in [0.2, 0.25) is 5.89 Å². The molecule has 0 fully saturated rings. The summed E-state index contributed by atoms with van der Waals surface area (Å²) in [5.74, 6) is 0.753. The number of anilines is 1. The third-order valence-corrected chi connectivity index (χ3v) is 5.45. The number of benzene rings is 1. The van der Waals surface area contributed by atoms with Crippen LogP contribution in [0.3, 0.4) is 0 Å². The summed E-state index contributed by atoms with van der Waals surface area (Å²) in [4.78, 5) is 21.0. The van der Waals surface area contributed by atoms with Crippen LogP contribution in [0.2, 0.25) is 0 Å². The van der Waals surface area contributed by atoms with Gasteiger partial charge in [0.1, 0.15) is 0 Å². The van der Waals surface area contributed by atoms with Gasteiger partial charge in [0.05, 0.1) is 11.9 Å². The van der Waals surface area contributed by atoms with E-state index in [0.29, 0.717) is 23.3 Å². The Morgan fingerprint density at radius 3 is 2.56 bits per heavy atom. The normalized spacial score (nSPS) is 11.5. The van der Waals surface area contributed by atoms with Gasteiger partial charge in [-0.05, 0) is 44.0 Å². The van der Waals surface area contributed by atoms with E-state index in [2.05, 4.69) is 45.4 Å². The van der Waals surface area contributed by atoms with Gasteiger partial charge in [-0.3, -0.25) is 4.79 Å². The highest BCUT2D eigenvalue weighted by atomic mass is 16.4. The van der Waals surface area contributed by atoms with Crippen LogP contribution in [0.15, 0.2) is 51.9 Å². The largest absolute Gasteiger partial charge is 0.414 e. The molecule has 0 radical (unpaired) electrons. The molecule has 3 N–H and O–H groups in total. The lowest BCUT2D eigenvalue weighted by atomic mass is 10.0. The number of nitrogens with one attached hydrogen (secondary N) is 1. The van der Waals surface area contributed by atoms with Crippen LogP contribution in [0.5, 0.6) is 0 Å². The average molecular weight is 460 g/mol. The second-order valence-electron chi connectivity index (χ2n) is 8.84. The quantitative estimate of drug-likeness (QED) is 0.425. The lowest BCUT2D eigenvalue weighted by molar-refractivity contribution is 0.578. The molecule has 4 aromatic rings. The Bertz CT molecular complexity index is 1370. The van der Waals surface area contributed by atoms with Gasteiger partial charge in [-0.25, -0.2) is 9.97 Å². The summed E-state index contributed by atoms with van der Waals surface area (Å²) in [5, 5.41) is 11.8. The van der Waals surface area contributed by atoms with Crippen molar-refractivity contribution < 1.29 is 4.42 Å². The molecule has 9 nitrogen and oxygen atoms in total. The van der Waals surface area contributed by atoms with E-state index in [1.165, 1.54) is 11.6 Å². The number of hydrogen-bond acceptors (Lipinski definition) is 8. The smallest absolute Gasteiger partial charge is 0.270 e. The van der Waals surface area contributed by atoms with Crippen molar-refractivity contribution in [3.05, 3.63) is 64.2 Å². The summed E-state index contributed by atoms with van der Waals surface area (Å²) in [6, 6.07) is 9.78. The molecule has 0 aliphatic rings. The minimum Gasteiger partial charge on any atom is -0.414 e. The molecule has 34 heavy (non-hydrogen) atoms. The zero-order valence-electron chi connectivity index (χ0n) is 20.0. The van der Waals surface area contributed by atoms with Gasteiger partial charge in [0.15, 0.2) is 11.5 Å². The molecule has 176 valence electrons. The van der Waals surface area contributed by atoms with Gasteiger partial charge in [0, 0.05) is 42.0 Å². The lowest BCUT2D eigenvalue weighted by Gasteiger charge is -2.11. The van der Waals surface area contributed by atoms with Crippen molar-refractivity contribution in [1.82, 2.24) is 30.0 Å². The zero-order valence-corrected chi connectivity index (χ0v) is 20.0. The topological polar surface area (TPSA) is 125 Å². The molecular weight excluding hydrogens is 430 g/mol. The number of pyridine rings is 1. The number of nitrogen functional groups attached to an aromatic ring is 1.